The quantitative estimate of drug-likeness (QED) is 0.856. The number of hydrogen-bond donors (Lipinski definition) is 1. The van der Waals surface area contributed by atoms with E-state index in [4.69, 9.17) is 5.73 Å². The molecule has 1 heterocycles. The number of benzene rings is 1. The van der Waals surface area contributed by atoms with Crippen LogP contribution in [-0.2, 0) is 0 Å². The average Bonchev–Trinajstić information content (AvgIpc) is 2.29. The average molecular weight is 277 g/mol. The van der Waals surface area contributed by atoms with E-state index in [-0.39, 0.29) is 6.04 Å². The Hall–Kier alpha value is -1.19. The van der Waals surface area contributed by atoms with Crippen molar-refractivity contribution < 1.29 is 0 Å². The van der Waals surface area contributed by atoms with E-state index in [2.05, 4.69) is 20.9 Å². The molecule has 1 aromatic carbocycles. The highest BCUT2D eigenvalue weighted by Gasteiger charge is 2.11. The number of nitrogens with zero attached hydrogens (tertiary/aromatic N) is 1. The van der Waals surface area contributed by atoms with Crippen molar-refractivity contribution in [2.45, 2.75) is 13.0 Å². The molecular weight excluding hydrogens is 264 g/mol. The predicted octanol–water partition coefficient (Wildman–Crippen LogP) is 3.20. The van der Waals surface area contributed by atoms with Crippen LogP contribution in [0.1, 0.15) is 22.7 Å². The monoisotopic (exact) mass is 276 g/mol. The summed E-state index contributed by atoms with van der Waals surface area (Å²) in [6.07, 6.45) is 1.83. The van der Waals surface area contributed by atoms with E-state index in [0.717, 1.165) is 21.3 Å². The second kappa shape index (κ2) is 4.76. The summed E-state index contributed by atoms with van der Waals surface area (Å²) in [6.45, 7) is 2.05. The van der Waals surface area contributed by atoms with Gasteiger partial charge in [0.25, 0.3) is 0 Å². The SMILES string of the molecule is Cc1cc(Br)ncc1C(N)c1ccccc1. The minimum absolute atomic E-state index is 0.109. The predicted molar refractivity (Wildman–Crippen MR) is 69.1 cm³/mol. The summed E-state index contributed by atoms with van der Waals surface area (Å²) in [7, 11) is 0. The third-order valence-electron chi connectivity index (χ3n) is 2.61. The lowest BCUT2D eigenvalue weighted by atomic mass is 9.98. The van der Waals surface area contributed by atoms with Crippen molar-refractivity contribution in [2.24, 2.45) is 5.73 Å². The summed E-state index contributed by atoms with van der Waals surface area (Å²) < 4.78 is 0.842. The maximum Gasteiger partial charge on any atom is 0.106 e. The molecule has 0 fully saturated rings. The summed E-state index contributed by atoms with van der Waals surface area (Å²) in [4.78, 5) is 4.22. The minimum atomic E-state index is -0.109. The molecule has 0 radical (unpaired) electrons. The maximum atomic E-state index is 6.21. The smallest absolute Gasteiger partial charge is 0.106 e. The summed E-state index contributed by atoms with van der Waals surface area (Å²) in [5.74, 6) is 0. The number of pyridine rings is 1. The number of aryl methyl sites for hydroxylation is 1. The fourth-order valence-electron chi connectivity index (χ4n) is 1.70. The van der Waals surface area contributed by atoms with Crippen molar-refractivity contribution in [3.63, 3.8) is 0 Å². The number of aromatic nitrogens is 1. The molecule has 1 unspecified atom stereocenters. The fourth-order valence-corrected chi connectivity index (χ4v) is 2.14. The molecule has 1 aromatic heterocycles. The summed E-state index contributed by atoms with van der Waals surface area (Å²) in [5.41, 5.74) is 9.53. The van der Waals surface area contributed by atoms with Crippen LogP contribution < -0.4 is 5.73 Å². The molecule has 2 nitrogen and oxygen atoms in total. The topological polar surface area (TPSA) is 38.9 Å². The van der Waals surface area contributed by atoms with Gasteiger partial charge in [0.05, 0.1) is 6.04 Å². The molecule has 0 aliphatic rings. The molecule has 2 N–H and O–H groups in total. The van der Waals surface area contributed by atoms with E-state index in [1.54, 1.807) is 0 Å². The van der Waals surface area contributed by atoms with Crippen molar-refractivity contribution in [1.82, 2.24) is 4.98 Å². The van der Waals surface area contributed by atoms with Gasteiger partial charge in [-0.1, -0.05) is 30.3 Å². The molecule has 3 heteroatoms. The van der Waals surface area contributed by atoms with Gasteiger partial charge in [0.2, 0.25) is 0 Å². The van der Waals surface area contributed by atoms with Gasteiger partial charge in [0.1, 0.15) is 4.60 Å². The first-order chi connectivity index (χ1) is 7.68. The van der Waals surface area contributed by atoms with Crippen LogP contribution >= 0.6 is 15.9 Å². The highest BCUT2D eigenvalue weighted by atomic mass is 79.9. The summed E-state index contributed by atoms with van der Waals surface area (Å²) >= 11 is 3.35. The molecule has 0 saturated heterocycles. The van der Waals surface area contributed by atoms with Crippen LogP contribution in [0.4, 0.5) is 0 Å². The molecule has 2 rings (SSSR count). The molecule has 16 heavy (non-hydrogen) atoms. The zero-order valence-electron chi connectivity index (χ0n) is 9.02. The first-order valence-corrected chi connectivity index (χ1v) is 5.90. The first kappa shape index (κ1) is 11.3. The van der Waals surface area contributed by atoms with Crippen molar-refractivity contribution >= 4 is 15.9 Å². The zero-order valence-corrected chi connectivity index (χ0v) is 10.6. The van der Waals surface area contributed by atoms with E-state index in [0.29, 0.717) is 0 Å². The Morgan fingerprint density at radius 3 is 2.56 bits per heavy atom. The lowest BCUT2D eigenvalue weighted by molar-refractivity contribution is 0.851. The van der Waals surface area contributed by atoms with Gasteiger partial charge in [0, 0.05) is 6.20 Å². The highest BCUT2D eigenvalue weighted by molar-refractivity contribution is 9.10. The third-order valence-corrected chi connectivity index (χ3v) is 3.05. The third kappa shape index (κ3) is 2.31. The van der Waals surface area contributed by atoms with Gasteiger partial charge < -0.3 is 5.73 Å². The van der Waals surface area contributed by atoms with E-state index in [1.165, 1.54) is 0 Å². The summed E-state index contributed by atoms with van der Waals surface area (Å²) in [5, 5.41) is 0. The fraction of sp³-hybridized carbons (Fsp3) is 0.154. The second-order valence-corrected chi connectivity index (χ2v) is 4.56. The lowest BCUT2D eigenvalue weighted by Gasteiger charge is -2.14. The van der Waals surface area contributed by atoms with Crippen molar-refractivity contribution in [1.29, 1.82) is 0 Å². The van der Waals surface area contributed by atoms with E-state index in [9.17, 15) is 0 Å². The Labute approximate surface area is 104 Å². The van der Waals surface area contributed by atoms with Gasteiger partial charge in [-0.3, -0.25) is 0 Å². The molecule has 1 atom stereocenters. The van der Waals surface area contributed by atoms with Crippen molar-refractivity contribution in [2.75, 3.05) is 0 Å². The van der Waals surface area contributed by atoms with Gasteiger partial charge in [0.15, 0.2) is 0 Å². The Bertz CT molecular complexity index is 483. The molecule has 0 saturated carbocycles. The normalized spacial score (nSPS) is 12.4. The van der Waals surface area contributed by atoms with Crippen LogP contribution in [0.25, 0.3) is 0 Å². The van der Waals surface area contributed by atoms with Crippen LogP contribution in [0.5, 0.6) is 0 Å². The maximum absolute atomic E-state index is 6.21. The van der Waals surface area contributed by atoms with Gasteiger partial charge in [-0.05, 0) is 45.6 Å². The number of nitrogens with two attached hydrogens (primary N) is 1. The van der Waals surface area contributed by atoms with E-state index >= 15 is 0 Å². The van der Waals surface area contributed by atoms with Gasteiger partial charge >= 0.3 is 0 Å². The number of rotatable bonds is 2. The van der Waals surface area contributed by atoms with Crippen LogP contribution in [0.15, 0.2) is 47.2 Å². The molecule has 82 valence electrons. The van der Waals surface area contributed by atoms with Gasteiger partial charge in [-0.25, -0.2) is 4.98 Å². The Kier molecular flexibility index (Phi) is 3.36. The number of hydrogen-bond acceptors (Lipinski definition) is 2. The number of halogens is 1. The molecule has 0 spiro atoms. The molecule has 0 amide bonds. The minimum Gasteiger partial charge on any atom is -0.320 e. The van der Waals surface area contributed by atoms with Crippen LogP contribution in [-0.4, -0.2) is 4.98 Å². The first-order valence-electron chi connectivity index (χ1n) is 5.11. The van der Waals surface area contributed by atoms with E-state index in [1.807, 2.05) is 49.5 Å². The zero-order chi connectivity index (χ0) is 11.5. The molecular formula is C13H13BrN2. The molecule has 2 aromatic rings. The summed E-state index contributed by atoms with van der Waals surface area (Å²) in [6, 6.07) is 11.9. The second-order valence-electron chi connectivity index (χ2n) is 3.75. The Balaban J connectivity index is 2.38. The largest absolute Gasteiger partial charge is 0.320 e. The van der Waals surface area contributed by atoms with Crippen molar-refractivity contribution in [3.8, 4) is 0 Å². The molecule has 0 aliphatic carbocycles. The Morgan fingerprint density at radius 2 is 1.94 bits per heavy atom. The standard InChI is InChI=1S/C13H13BrN2/c1-9-7-12(14)16-8-11(9)13(15)10-5-3-2-4-6-10/h2-8,13H,15H2,1H3. The highest BCUT2D eigenvalue weighted by Crippen LogP contribution is 2.23. The molecule has 0 bridgehead atoms. The van der Waals surface area contributed by atoms with Crippen LogP contribution in [0.2, 0.25) is 0 Å². The molecule has 0 aliphatic heterocycles. The van der Waals surface area contributed by atoms with Gasteiger partial charge in [-0.15, -0.1) is 0 Å². The van der Waals surface area contributed by atoms with Gasteiger partial charge in [-0.2, -0.15) is 0 Å². The van der Waals surface area contributed by atoms with Crippen LogP contribution in [0.3, 0.4) is 0 Å². The van der Waals surface area contributed by atoms with Crippen LogP contribution in [0, 0.1) is 6.92 Å². The Morgan fingerprint density at radius 1 is 1.25 bits per heavy atom. The van der Waals surface area contributed by atoms with E-state index < -0.39 is 0 Å². The van der Waals surface area contributed by atoms with Crippen molar-refractivity contribution in [3.05, 3.63) is 63.9 Å². The lowest BCUT2D eigenvalue weighted by Crippen LogP contribution is -2.13.